The first-order valence-electron chi connectivity index (χ1n) is 10.5. The minimum Gasteiger partial charge on any atom is -0.481 e. The molecule has 0 bridgehead atoms. The van der Waals surface area contributed by atoms with Gasteiger partial charge in [-0.15, -0.1) is 0 Å². The van der Waals surface area contributed by atoms with Gasteiger partial charge in [0.2, 0.25) is 0 Å². The molecule has 0 aliphatic rings. The van der Waals surface area contributed by atoms with Crippen LogP contribution in [0.25, 0.3) is 0 Å². The number of aliphatic carboxylic acids is 2. The van der Waals surface area contributed by atoms with Crippen LogP contribution in [0.15, 0.2) is 0 Å². The van der Waals surface area contributed by atoms with Crippen LogP contribution in [0.5, 0.6) is 0 Å². The predicted octanol–water partition coefficient (Wildman–Crippen LogP) is 6.42. The molecule has 0 saturated carbocycles. The molecule has 0 heterocycles. The number of carboxylic acids is 2. The fraction of sp³-hybridized carbons (Fsp3) is 0.905. The molecule has 0 fully saturated rings. The van der Waals surface area contributed by atoms with Gasteiger partial charge in [-0.05, 0) is 18.8 Å². The summed E-state index contributed by atoms with van der Waals surface area (Å²) in [5.74, 6) is -0.807. The standard InChI is InChI=1S/C21H40O4/c1-19(17-18-21(24)25)15-13-11-9-7-5-3-2-4-6-8-10-12-14-16-20(22)23/h19H,2-18H2,1H3,(H,22,23)(H,24,25). The maximum atomic E-state index is 10.5. The molecule has 0 spiro atoms. The van der Waals surface area contributed by atoms with E-state index in [1.54, 1.807) is 0 Å². The van der Waals surface area contributed by atoms with Crippen LogP contribution >= 0.6 is 0 Å². The molecule has 4 nitrogen and oxygen atoms in total. The lowest BCUT2D eigenvalue weighted by atomic mass is 9.97. The van der Waals surface area contributed by atoms with Crippen LogP contribution < -0.4 is 0 Å². The van der Waals surface area contributed by atoms with E-state index in [4.69, 9.17) is 10.2 Å². The maximum absolute atomic E-state index is 10.5. The van der Waals surface area contributed by atoms with E-state index in [1.165, 1.54) is 77.0 Å². The van der Waals surface area contributed by atoms with Crippen molar-refractivity contribution in [3.8, 4) is 0 Å². The molecule has 1 unspecified atom stereocenters. The van der Waals surface area contributed by atoms with Crippen molar-refractivity contribution in [3.05, 3.63) is 0 Å². The third kappa shape index (κ3) is 20.9. The van der Waals surface area contributed by atoms with Crippen molar-refractivity contribution >= 4 is 11.9 Å². The monoisotopic (exact) mass is 356 g/mol. The van der Waals surface area contributed by atoms with Crippen molar-refractivity contribution in [3.63, 3.8) is 0 Å². The highest BCUT2D eigenvalue weighted by molar-refractivity contribution is 5.66. The van der Waals surface area contributed by atoms with Crippen LogP contribution in [-0.4, -0.2) is 22.2 Å². The lowest BCUT2D eigenvalue weighted by Gasteiger charge is -2.09. The molecule has 25 heavy (non-hydrogen) atoms. The average molecular weight is 357 g/mol. The van der Waals surface area contributed by atoms with E-state index in [9.17, 15) is 9.59 Å². The number of carboxylic acid groups (broad SMARTS) is 2. The molecule has 4 heteroatoms. The summed E-state index contributed by atoms with van der Waals surface area (Å²) in [4.78, 5) is 20.9. The minimum absolute atomic E-state index is 0.309. The molecule has 0 aliphatic heterocycles. The SMILES string of the molecule is CC(CCCCCCCCCCCCCCCC(=O)O)CCC(=O)O. The van der Waals surface area contributed by atoms with Gasteiger partial charge in [0.25, 0.3) is 0 Å². The summed E-state index contributed by atoms with van der Waals surface area (Å²) in [6.45, 7) is 2.16. The third-order valence-corrected chi connectivity index (χ3v) is 4.94. The van der Waals surface area contributed by atoms with Crippen LogP contribution in [0, 0.1) is 5.92 Å². The molecule has 2 N–H and O–H groups in total. The second-order valence-electron chi connectivity index (χ2n) is 7.57. The van der Waals surface area contributed by atoms with E-state index >= 15 is 0 Å². The second kappa shape index (κ2) is 17.8. The van der Waals surface area contributed by atoms with Crippen LogP contribution in [0.4, 0.5) is 0 Å². The number of hydrogen-bond donors (Lipinski definition) is 2. The minimum atomic E-state index is -0.676. The summed E-state index contributed by atoms with van der Waals surface area (Å²) in [7, 11) is 0. The Bertz CT molecular complexity index is 328. The van der Waals surface area contributed by atoms with Crippen LogP contribution in [0.3, 0.4) is 0 Å². The summed E-state index contributed by atoms with van der Waals surface area (Å²) < 4.78 is 0. The van der Waals surface area contributed by atoms with Crippen LogP contribution in [-0.2, 0) is 9.59 Å². The fourth-order valence-corrected chi connectivity index (χ4v) is 3.23. The third-order valence-electron chi connectivity index (χ3n) is 4.94. The van der Waals surface area contributed by atoms with Gasteiger partial charge in [0, 0.05) is 12.8 Å². The van der Waals surface area contributed by atoms with E-state index in [0.717, 1.165) is 19.3 Å². The smallest absolute Gasteiger partial charge is 0.303 e. The molecule has 0 aromatic carbocycles. The largest absolute Gasteiger partial charge is 0.481 e. The first-order valence-corrected chi connectivity index (χ1v) is 10.5. The predicted molar refractivity (Wildman–Crippen MR) is 103 cm³/mol. The molecule has 148 valence electrons. The van der Waals surface area contributed by atoms with Crippen molar-refractivity contribution < 1.29 is 19.8 Å². The first-order chi connectivity index (χ1) is 12.0. The van der Waals surface area contributed by atoms with Crippen molar-refractivity contribution in [2.45, 2.75) is 116 Å². The van der Waals surface area contributed by atoms with E-state index in [2.05, 4.69) is 6.92 Å². The average Bonchev–Trinajstić information content (AvgIpc) is 2.56. The number of carbonyl (C=O) groups is 2. The Morgan fingerprint density at radius 1 is 0.560 bits per heavy atom. The fourth-order valence-electron chi connectivity index (χ4n) is 3.23. The molecule has 0 aromatic rings. The maximum Gasteiger partial charge on any atom is 0.303 e. The van der Waals surface area contributed by atoms with Gasteiger partial charge < -0.3 is 10.2 Å². The van der Waals surface area contributed by atoms with Crippen LogP contribution in [0.1, 0.15) is 116 Å². The Morgan fingerprint density at radius 2 is 0.920 bits per heavy atom. The van der Waals surface area contributed by atoms with Crippen molar-refractivity contribution in [1.82, 2.24) is 0 Å². The van der Waals surface area contributed by atoms with Gasteiger partial charge >= 0.3 is 11.9 Å². The summed E-state index contributed by atoms with van der Waals surface area (Å²) in [6, 6.07) is 0. The highest BCUT2D eigenvalue weighted by atomic mass is 16.4. The van der Waals surface area contributed by atoms with Gasteiger partial charge in [0.15, 0.2) is 0 Å². The van der Waals surface area contributed by atoms with Crippen LogP contribution in [0.2, 0.25) is 0 Å². The zero-order valence-corrected chi connectivity index (χ0v) is 16.3. The molecular weight excluding hydrogens is 316 g/mol. The van der Waals surface area contributed by atoms with E-state index in [1.807, 2.05) is 0 Å². The zero-order chi connectivity index (χ0) is 18.8. The molecule has 0 saturated heterocycles. The molecule has 0 aliphatic carbocycles. The molecule has 1 atom stereocenters. The quantitative estimate of drug-likeness (QED) is 0.262. The van der Waals surface area contributed by atoms with E-state index in [0.29, 0.717) is 18.8 Å². The van der Waals surface area contributed by atoms with Gasteiger partial charge in [-0.1, -0.05) is 90.4 Å². The molecule has 0 aromatic heterocycles. The highest BCUT2D eigenvalue weighted by Crippen LogP contribution is 2.17. The highest BCUT2D eigenvalue weighted by Gasteiger charge is 2.05. The Balaban J connectivity index is 3.11. The molecule has 0 radical (unpaired) electrons. The molecule has 0 amide bonds. The number of unbranched alkanes of at least 4 members (excludes halogenated alkanes) is 12. The first kappa shape index (κ1) is 23.9. The second-order valence-corrected chi connectivity index (χ2v) is 7.57. The Hall–Kier alpha value is -1.06. The van der Waals surface area contributed by atoms with Crippen molar-refractivity contribution in [2.24, 2.45) is 5.92 Å². The van der Waals surface area contributed by atoms with E-state index in [-0.39, 0.29) is 0 Å². The summed E-state index contributed by atoms with van der Waals surface area (Å²) in [5.41, 5.74) is 0. The Kier molecular flexibility index (Phi) is 17.0. The van der Waals surface area contributed by atoms with Crippen molar-refractivity contribution in [2.75, 3.05) is 0 Å². The summed E-state index contributed by atoms with van der Waals surface area (Å²) in [6.07, 6.45) is 18.7. The lowest BCUT2D eigenvalue weighted by Crippen LogP contribution is -2.01. The molecule has 0 rings (SSSR count). The Labute approximate surface area is 154 Å². The normalized spacial score (nSPS) is 12.2. The summed E-state index contributed by atoms with van der Waals surface area (Å²) in [5, 5.41) is 17.2. The van der Waals surface area contributed by atoms with Gasteiger partial charge in [-0.2, -0.15) is 0 Å². The molecular formula is C21H40O4. The van der Waals surface area contributed by atoms with Gasteiger partial charge in [0.05, 0.1) is 0 Å². The summed E-state index contributed by atoms with van der Waals surface area (Å²) >= 11 is 0. The zero-order valence-electron chi connectivity index (χ0n) is 16.3. The topological polar surface area (TPSA) is 74.6 Å². The van der Waals surface area contributed by atoms with E-state index < -0.39 is 11.9 Å². The number of hydrogen-bond acceptors (Lipinski definition) is 2. The van der Waals surface area contributed by atoms with Gasteiger partial charge in [-0.25, -0.2) is 0 Å². The lowest BCUT2D eigenvalue weighted by molar-refractivity contribution is -0.138. The van der Waals surface area contributed by atoms with Gasteiger partial charge in [-0.3, -0.25) is 9.59 Å². The Morgan fingerprint density at radius 3 is 1.32 bits per heavy atom. The number of rotatable bonds is 19. The van der Waals surface area contributed by atoms with Crippen molar-refractivity contribution in [1.29, 1.82) is 0 Å². The van der Waals surface area contributed by atoms with Gasteiger partial charge in [0.1, 0.15) is 0 Å².